The molecule has 0 nitrogen and oxygen atoms in total. The smallest absolute Gasteiger partial charge is 0.0735 e. The van der Waals surface area contributed by atoms with Crippen LogP contribution >= 0.6 is 23.4 Å². The van der Waals surface area contributed by atoms with Gasteiger partial charge in [-0.3, -0.25) is 0 Å². The van der Waals surface area contributed by atoms with E-state index in [1.165, 1.54) is 43.2 Å². The zero-order valence-corrected chi connectivity index (χ0v) is 16.0. The minimum atomic E-state index is -0.310. The summed E-state index contributed by atoms with van der Waals surface area (Å²) in [6.45, 7) is 0. The number of halogens is 1. The van der Waals surface area contributed by atoms with E-state index in [9.17, 15) is 0 Å². The lowest BCUT2D eigenvalue weighted by atomic mass is 9.67. The van der Waals surface area contributed by atoms with Crippen LogP contribution in [-0.4, -0.2) is 0 Å². The minimum Gasteiger partial charge on any atom is -0.0894 e. The molecule has 0 aromatic heterocycles. The molecule has 0 radical (unpaired) electrons. The molecule has 1 spiro atoms. The van der Waals surface area contributed by atoms with Gasteiger partial charge in [0.2, 0.25) is 0 Å². The standard InChI is InChI=1S/C25H15ClS/c26-16-13-14-24-22(15-16)25(21-11-5-6-12-23(21)27-24)19-9-3-1-7-17(19)18-8-2-4-10-20(18)25/h1-15H. The van der Waals surface area contributed by atoms with Gasteiger partial charge in [-0.25, -0.2) is 0 Å². The Kier molecular flexibility index (Phi) is 3.18. The molecule has 4 aromatic carbocycles. The molecule has 0 amide bonds. The van der Waals surface area contributed by atoms with Gasteiger partial charge in [-0.05, 0) is 57.6 Å². The number of fused-ring (bicyclic) bond motifs is 9. The van der Waals surface area contributed by atoms with Gasteiger partial charge in [0, 0.05) is 14.8 Å². The average molecular weight is 383 g/mol. The van der Waals surface area contributed by atoms with Crippen LogP contribution in [0.2, 0.25) is 5.02 Å². The molecular weight excluding hydrogens is 368 g/mol. The first-order valence-corrected chi connectivity index (χ1v) is 10.3. The van der Waals surface area contributed by atoms with Crippen LogP contribution < -0.4 is 0 Å². The first-order valence-electron chi connectivity index (χ1n) is 9.07. The van der Waals surface area contributed by atoms with Crippen LogP contribution in [0.15, 0.2) is 101 Å². The van der Waals surface area contributed by atoms with Gasteiger partial charge in [0.1, 0.15) is 0 Å². The number of rotatable bonds is 0. The van der Waals surface area contributed by atoms with E-state index in [1.54, 1.807) is 0 Å². The largest absolute Gasteiger partial charge is 0.0894 e. The molecule has 1 aliphatic heterocycles. The Labute approximate surface area is 167 Å². The van der Waals surface area contributed by atoms with E-state index in [-0.39, 0.29) is 5.41 Å². The predicted molar refractivity (Wildman–Crippen MR) is 113 cm³/mol. The van der Waals surface area contributed by atoms with E-state index >= 15 is 0 Å². The summed E-state index contributed by atoms with van der Waals surface area (Å²) in [7, 11) is 0. The van der Waals surface area contributed by atoms with Gasteiger partial charge in [-0.15, -0.1) is 0 Å². The second kappa shape index (κ2) is 5.51. The summed E-state index contributed by atoms with van der Waals surface area (Å²) in [5.74, 6) is 0. The Hall–Kier alpha value is -2.48. The van der Waals surface area contributed by atoms with E-state index in [0.717, 1.165) is 5.02 Å². The molecule has 128 valence electrons. The van der Waals surface area contributed by atoms with Crippen molar-refractivity contribution in [3.8, 4) is 11.1 Å². The number of hydrogen-bond acceptors (Lipinski definition) is 1. The zero-order valence-electron chi connectivity index (χ0n) is 14.4. The molecule has 0 bridgehead atoms. The Balaban J connectivity index is 1.86. The van der Waals surface area contributed by atoms with Gasteiger partial charge in [0.25, 0.3) is 0 Å². The fourth-order valence-electron chi connectivity index (χ4n) is 4.83. The maximum absolute atomic E-state index is 6.51. The highest BCUT2D eigenvalue weighted by molar-refractivity contribution is 7.99. The van der Waals surface area contributed by atoms with Crippen molar-refractivity contribution in [1.82, 2.24) is 0 Å². The first-order chi connectivity index (χ1) is 13.3. The highest BCUT2D eigenvalue weighted by atomic mass is 35.5. The molecule has 0 saturated heterocycles. The molecule has 0 atom stereocenters. The Morgan fingerprint density at radius 2 is 1.11 bits per heavy atom. The number of benzene rings is 4. The van der Waals surface area contributed by atoms with Gasteiger partial charge < -0.3 is 0 Å². The quantitative estimate of drug-likeness (QED) is 0.268. The SMILES string of the molecule is Clc1ccc2c(c1)C1(c3ccccc3S2)c2ccccc2-c2ccccc21. The van der Waals surface area contributed by atoms with Crippen molar-refractivity contribution in [3.05, 3.63) is 118 Å². The maximum atomic E-state index is 6.51. The van der Waals surface area contributed by atoms with E-state index in [1.807, 2.05) is 17.8 Å². The van der Waals surface area contributed by atoms with Crippen molar-refractivity contribution in [2.24, 2.45) is 0 Å². The van der Waals surface area contributed by atoms with Gasteiger partial charge in [-0.2, -0.15) is 0 Å². The van der Waals surface area contributed by atoms with Crippen molar-refractivity contribution in [1.29, 1.82) is 0 Å². The van der Waals surface area contributed by atoms with E-state index < -0.39 is 0 Å². The molecule has 2 heteroatoms. The summed E-state index contributed by atoms with van der Waals surface area (Å²) in [5, 5.41) is 0.787. The van der Waals surface area contributed by atoms with Gasteiger partial charge in [0.05, 0.1) is 5.41 Å². The minimum absolute atomic E-state index is 0.310. The molecular formula is C25H15ClS. The number of hydrogen-bond donors (Lipinski definition) is 0. The normalized spacial score (nSPS) is 15.0. The molecule has 27 heavy (non-hydrogen) atoms. The first kappa shape index (κ1) is 15.6. The summed E-state index contributed by atoms with van der Waals surface area (Å²) < 4.78 is 0. The van der Waals surface area contributed by atoms with Gasteiger partial charge in [-0.1, -0.05) is 90.1 Å². The van der Waals surface area contributed by atoms with Crippen LogP contribution in [0.4, 0.5) is 0 Å². The molecule has 0 unspecified atom stereocenters. The van der Waals surface area contributed by atoms with Crippen molar-refractivity contribution in [2.75, 3.05) is 0 Å². The molecule has 1 heterocycles. The fraction of sp³-hybridized carbons (Fsp3) is 0.0400. The monoisotopic (exact) mass is 382 g/mol. The third kappa shape index (κ3) is 1.91. The summed E-state index contributed by atoms with van der Waals surface area (Å²) in [5.41, 5.74) is 7.67. The van der Waals surface area contributed by atoms with Crippen LogP contribution in [0.5, 0.6) is 0 Å². The van der Waals surface area contributed by atoms with Crippen LogP contribution in [0.1, 0.15) is 22.3 Å². The summed E-state index contributed by atoms with van der Waals surface area (Å²) in [6.07, 6.45) is 0. The molecule has 0 fully saturated rings. The maximum Gasteiger partial charge on any atom is 0.0735 e. The van der Waals surface area contributed by atoms with E-state index in [4.69, 9.17) is 11.6 Å². The molecule has 2 aliphatic rings. The molecule has 6 rings (SSSR count). The van der Waals surface area contributed by atoms with E-state index in [0.29, 0.717) is 0 Å². The lowest BCUT2D eigenvalue weighted by molar-refractivity contribution is 0.722. The van der Waals surface area contributed by atoms with Gasteiger partial charge >= 0.3 is 0 Å². The molecule has 0 saturated carbocycles. The van der Waals surface area contributed by atoms with Crippen LogP contribution in [-0.2, 0) is 5.41 Å². The molecule has 0 N–H and O–H groups in total. The lowest BCUT2D eigenvalue weighted by Crippen LogP contribution is -2.31. The Bertz CT molecular complexity index is 1180. The van der Waals surface area contributed by atoms with Crippen molar-refractivity contribution in [2.45, 2.75) is 15.2 Å². The third-order valence-electron chi connectivity index (χ3n) is 5.81. The second-order valence-corrected chi connectivity index (χ2v) is 8.60. The van der Waals surface area contributed by atoms with Crippen molar-refractivity contribution in [3.63, 3.8) is 0 Å². The lowest BCUT2D eigenvalue weighted by Gasteiger charge is -2.39. The van der Waals surface area contributed by atoms with Crippen LogP contribution in [0.3, 0.4) is 0 Å². The predicted octanol–water partition coefficient (Wildman–Crippen LogP) is 7.17. The molecule has 1 aliphatic carbocycles. The molecule has 4 aromatic rings. The van der Waals surface area contributed by atoms with Crippen molar-refractivity contribution < 1.29 is 0 Å². The Morgan fingerprint density at radius 3 is 1.81 bits per heavy atom. The van der Waals surface area contributed by atoms with Crippen LogP contribution in [0.25, 0.3) is 11.1 Å². The summed E-state index contributed by atoms with van der Waals surface area (Å²) in [6, 6.07) is 32.8. The van der Waals surface area contributed by atoms with Crippen molar-refractivity contribution >= 4 is 23.4 Å². The Morgan fingerprint density at radius 1 is 0.556 bits per heavy atom. The third-order valence-corrected chi connectivity index (χ3v) is 7.20. The fourth-order valence-corrected chi connectivity index (χ4v) is 6.17. The highest BCUT2D eigenvalue weighted by Gasteiger charge is 2.49. The summed E-state index contributed by atoms with van der Waals surface area (Å²) in [4.78, 5) is 2.60. The zero-order chi connectivity index (χ0) is 18.0. The van der Waals surface area contributed by atoms with E-state index in [2.05, 4.69) is 84.9 Å². The highest BCUT2D eigenvalue weighted by Crippen LogP contribution is 2.62. The second-order valence-electron chi connectivity index (χ2n) is 7.08. The average Bonchev–Trinajstić information content (AvgIpc) is 3.01. The summed E-state index contributed by atoms with van der Waals surface area (Å²) >= 11 is 8.35. The van der Waals surface area contributed by atoms with Crippen LogP contribution in [0, 0.1) is 0 Å². The van der Waals surface area contributed by atoms with Gasteiger partial charge in [0.15, 0.2) is 0 Å². The topological polar surface area (TPSA) is 0 Å².